The summed E-state index contributed by atoms with van der Waals surface area (Å²) in [4.78, 5) is 9.04. The van der Waals surface area contributed by atoms with E-state index in [4.69, 9.17) is 5.73 Å². The van der Waals surface area contributed by atoms with Crippen LogP contribution in [0.3, 0.4) is 0 Å². The largest absolute Gasteiger partial charge is 0.333 e. The van der Waals surface area contributed by atoms with Gasteiger partial charge in [0.15, 0.2) is 0 Å². The first-order valence-electron chi connectivity index (χ1n) is 7.33. The fourth-order valence-corrected chi connectivity index (χ4v) is 2.77. The first-order chi connectivity index (χ1) is 10.2. The summed E-state index contributed by atoms with van der Waals surface area (Å²) in [6.07, 6.45) is 4.88. The molecule has 0 aliphatic heterocycles. The summed E-state index contributed by atoms with van der Waals surface area (Å²) in [5.74, 6) is 0.910. The van der Waals surface area contributed by atoms with Crippen LogP contribution in [0, 0.1) is 6.92 Å². The lowest BCUT2D eigenvalue weighted by atomic mass is 10.0. The van der Waals surface area contributed by atoms with Crippen molar-refractivity contribution in [2.45, 2.75) is 32.9 Å². The minimum atomic E-state index is -0.238. The van der Waals surface area contributed by atoms with Gasteiger partial charge in [0.05, 0.1) is 11.6 Å². The standard InChI is InChI=1S/C17H20N4/c1-3-9-21-10-8-19-17(21)16(18)14-11-12(2)20-15-7-5-4-6-13(14)15/h4-8,10-11,16H,3,9,18H2,1-2H3. The van der Waals surface area contributed by atoms with E-state index in [1.807, 2.05) is 37.5 Å². The topological polar surface area (TPSA) is 56.7 Å². The van der Waals surface area contributed by atoms with Gasteiger partial charge >= 0.3 is 0 Å². The van der Waals surface area contributed by atoms with Crippen molar-refractivity contribution in [2.24, 2.45) is 5.73 Å². The smallest absolute Gasteiger partial charge is 0.130 e. The number of fused-ring (bicyclic) bond motifs is 1. The molecule has 0 bridgehead atoms. The van der Waals surface area contributed by atoms with E-state index in [0.29, 0.717) is 0 Å². The molecule has 2 N–H and O–H groups in total. The van der Waals surface area contributed by atoms with Gasteiger partial charge in [-0.25, -0.2) is 4.98 Å². The van der Waals surface area contributed by atoms with Crippen molar-refractivity contribution in [1.29, 1.82) is 0 Å². The van der Waals surface area contributed by atoms with E-state index < -0.39 is 0 Å². The molecule has 2 heterocycles. The average molecular weight is 280 g/mol. The molecule has 1 atom stereocenters. The predicted molar refractivity (Wildman–Crippen MR) is 85.0 cm³/mol. The lowest BCUT2D eigenvalue weighted by molar-refractivity contribution is 0.614. The van der Waals surface area contributed by atoms with Crippen molar-refractivity contribution in [3.8, 4) is 0 Å². The molecule has 4 nitrogen and oxygen atoms in total. The van der Waals surface area contributed by atoms with Crippen LogP contribution in [0.4, 0.5) is 0 Å². The van der Waals surface area contributed by atoms with Gasteiger partial charge in [0.25, 0.3) is 0 Å². The predicted octanol–water partition coefficient (Wildman–Crippen LogP) is 3.20. The van der Waals surface area contributed by atoms with Crippen molar-refractivity contribution >= 4 is 10.9 Å². The third-order valence-electron chi connectivity index (χ3n) is 3.70. The number of pyridine rings is 1. The van der Waals surface area contributed by atoms with Crippen LogP contribution in [0.2, 0.25) is 0 Å². The Morgan fingerprint density at radius 3 is 2.90 bits per heavy atom. The van der Waals surface area contributed by atoms with Crippen molar-refractivity contribution < 1.29 is 0 Å². The van der Waals surface area contributed by atoms with Crippen molar-refractivity contribution in [2.75, 3.05) is 0 Å². The highest BCUT2D eigenvalue weighted by molar-refractivity contribution is 5.83. The monoisotopic (exact) mass is 280 g/mol. The number of para-hydroxylation sites is 1. The van der Waals surface area contributed by atoms with Crippen LogP contribution in [0.5, 0.6) is 0 Å². The minimum Gasteiger partial charge on any atom is -0.333 e. The van der Waals surface area contributed by atoms with E-state index >= 15 is 0 Å². The lowest BCUT2D eigenvalue weighted by Gasteiger charge is -2.16. The number of benzene rings is 1. The van der Waals surface area contributed by atoms with Gasteiger partial charge in [0.1, 0.15) is 5.82 Å². The van der Waals surface area contributed by atoms with E-state index in [0.717, 1.165) is 41.0 Å². The fraction of sp³-hybridized carbons (Fsp3) is 0.294. The Labute approximate surface area is 124 Å². The van der Waals surface area contributed by atoms with Gasteiger partial charge in [-0.05, 0) is 31.0 Å². The second-order valence-electron chi connectivity index (χ2n) is 5.33. The average Bonchev–Trinajstić information content (AvgIpc) is 2.94. The summed E-state index contributed by atoms with van der Waals surface area (Å²) < 4.78 is 2.13. The van der Waals surface area contributed by atoms with Gasteiger partial charge in [-0.3, -0.25) is 4.98 Å². The molecule has 0 aliphatic rings. The van der Waals surface area contributed by atoms with Crippen molar-refractivity contribution in [1.82, 2.24) is 14.5 Å². The molecular weight excluding hydrogens is 260 g/mol. The summed E-state index contributed by atoms with van der Waals surface area (Å²) in [6, 6.07) is 9.95. The van der Waals surface area contributed by atoms with E-state index in [2.05, 4.69) is 33.6 Å². The number of hydrogen-bond acceptors (Lipinski definition) is 3. The van der Waals surface area contributed by atoms with E-state index in [9.17, 15) is 0 Å². The van der Waals surface area contributed by atoms with Crippen LogP contribution in [0.15, 0.2) is 42.7 Å². The Bertz CT molecular complexity index is 760. The van der Waals surface area contributed by atoms with Crippen molar-refractivity contribution in [3.05, 3.63) is 59.8 Å². The third-order valence-corrected chi connectivity index (χ3v) is 3.70. The van der Waals surface area contributed by atoms with Crippen LogP contribution >= 0.6 is 0 Å². The van der Waals surface area contributed by atoms with Crippen LogP contribution < -0.4 is 5.73 Å². The normalized spacial score (nSPS) is 12.7. The van der Waals surface area contributed by atoms with Gasteiger partial charge in [-0.1, -0.05) is 25.1 Å². The Morgan fingerprint density at radius 1 is 1.29 bits per heavy atom. The first kappa shape index (κ1) is 13.8. The van der Waals surface area contributed by atoms with Crippen molar-refractivity contribution in [3.63, 3.8) is 0 Å². The molecule has 1 unspecified atom stereocenters. The Kier molecular flexibility index (Phi) is 3.71. The SMILES string of the molecule is CCCn1ccnc1C(N)c1cc(C)nc2ccccc12. The Hall–Kier alpha value is -2.20. The maximum atomic E-state index is 6.52. The molecular formula is C17H20N4. The summed E-state index contributed by atoms with van der Waals surface area (Å²) in [7, 11) is 0. The molecule has 0 aliphatic carbocycles. The Balaban J connectivity index is 2.13. The molecule has 0 radical (unpaired) electrons. The fourth-order valence-electron chi connectivity index (χ4n) is 2.77. The third kappa shape index (κ3) is 2.54. The second kappa shape index (κ2) is 5.66. The molecule has 1 aromatic carbocycles. The molecule has 3 rings (SSSR count). The number of hydrogen-bond donors (Lipinski definition) is 1. The van der Waals surface area contributed by atoms with E-state index in [1.165, 1.54) is 0 Å². The number of nitrogens with zero attached hydrogens (tertiary/aromatic N) is 3. The molecule has 0 fully saturated rings. The molecule has 21 heavy (non-hydrogen) atoms. The zero-order chi connectivity index (χ0) is 14.8. The first-order valence-corrected chi connectivity index (χ1v) is 7.33. The lowest BCUT2D eigenvalue weighted by Crippen LogP contribution is -2.18. The highest BCUT2D eigenvalue weighted by Gasteiger charge is 2.17. The summed E-state index contributed by atoms with van der Waals surface area (Å²) in [5.41, 5.74) is 9.56. The number of nitrogens with two attached hydrogens (primary N) is 1. The van der Waals surface area contributed by atoms with E-state index in [-0.39, 0.29) is 6.04 Å². The van der Waals surface area contributed by atoms with Gasteiger partial charge in [-0.2, -0.15) is 0 Å². The molecule has 0 spiro atoms. The van der Waals surface area contributed by atoms with Gasteiger partial charge in [-0.15, -0.1) is 0 Å². The zero-order valence-electron chi connectivity index (χ0n) is 12.5. The zero-order valence-corrected chi connectivity index (χ0v) is 12.5. The summed E-state index contributed by atoms with van der Waals surface area (Å²) >= 11 is 0. The molecule has 0 saturated carbocycles. The summed E-state index contributed by atoms with van der Waals surface area (Å²) in [6.45, 7) is 5.09. The molecule has 3 aromatic rings. The number of aromatic nitrogens is 3. The van der Waals surface area contributed by atoms with Crippen LogP contribution in [0.1, 0.15) is 36.5 Å². The molecule has 0 amide bonds. The number of aryl methyl sites for hydroxylation is 2. The molecule has 2 aromatic heterocycles. The highest BCUT2D eigenvalue weighted by Crippen LogP contribution is 2.26. The molecule has 108 valence electrons. The quantitative estimate of drug-likeness (QED) is 0.798. The second-order valence-corrected chi connectivity index (χ2v) is 5.33. The van der Waals surface area contributed by atoms with E-state index in [1.54, 1.807) is 0 Å². The number of imidazole rings is 1. The van der Waals surface area contributed by atoms with Gasteiger partial charge < -0.3 is 10.3 Å². The minimum absolute atomic E-state index is 0.238. The van der Waals surface area contributed by atoms with Gasteiger partial charge in [0.2, 0.25) is 0 Å². The molecule has 0 saturated heterocycles. The molecule has 4 heteroatoms. The number of rotatable bonds is 4. The van der Waals surface area contributed by atoms with Crippen LogP contribution in [0.25, 0.3) is 10.9 Å². The van der Waals surface area contributed by atoms with Crippen LogP contribution in [-0.2, 0) is 6.54 Å². The Morgan fingerprint density at radius 2 is 2.10 bits per heavy atom. The summed E-state index contributed by atoms with van der Waals surface area (Å²) in [5, 5.41) is 1.10. The highest BCUT2D eigenvalue weighted by atomic mass is 15.1. The maximum absolute atomic E-state index is 6.52. The van der Waals surface area contributed by atoms with Gasteiger partial charge in [0, 0.05) is 30.0 Å². The maximum Gasteiger partial charge on any atom is 0.130 e. The van der Waals surface area contributed by atoms with Crippen LogP contribution in [-0.4, -0.2) is 14.5 Å².